The van der Waals surface area contributed by atoms with E-state index in [-0.39, 0.29) is 23.0 Å². The third-order valence-corrected chi connectivity index (χ3v) is 4.74. The minimum atomic E-state index is -0.372. The first-order chi connectivity index (χ1) is 13.7. The third kappa shape index (κ3) is 5.77. The average Bonchev–Trinajstić information content (AvgIpc) is 2.68. The van der Waals surface area contributed by atoms with Crippen LogP contribution in [0, 0.1) is 0 Å². The van der Waals surface area contributed by atoms with Crippen LogP contribution < -0.4 is 15.5 Å². The minimum absolute atomic E-state index is 0.220. The van der Waals surface area contributed by atoms with E-state index in [1.807, 2.05) is 45.0 Å². The van der Waals surface area contributed by atoms with Crippen molar-refractivity contribution in [3.05, 3.63) is 53.9 Å². The molecule has 1 aliphatic rings. The number of piperazine rings is 1. The number of benzene rings is 1. The first kappa shape index (κ1) is 20.8. The van der Waals surface area contributed by atoms with E-state index in [9.17, 15) is 9.59 Å². The molecule has 1 aromatic heterocycles. The number of aromatic nitrogens is 1. The quantitative estimate of drug-likeness (QED) is 0.832. The molecular formula is C22H29N5O2. The highest BCUT2D eigenvalue weighted by Gasteiger charge is 2.18. The molecule has 0 atom stereocenters. The smallest absolute Gasteiger partial charge is 0.270 e. The van der Waals surface area contributed by atoms with E-state index >= 15 is 0 Å². The number of pyridine rings is 1. The SMILES string of the molecule is CN1CCN(c2ccc(NC(=O)c3ccnc(C(=O)NC(C)(C)C)c3)cc2)CC1. The predicted octanol–water partition coefficient (Wildman–Crippen LogP) is 2.61. The lowest BCUT2D eigenvalue weighted by atomic mass is 10.1. The molecule has 2 aromatic rings. The van der Waals surface area contributed by atoms with Gasteiger partial charge in [0.05, 0.1) is 0 Å². The Balaban J connectivity index is 1.64. The molecule has 29 heavy (non-hydrogen) atoms. The Bertz CT molecular complexity index is 866. The molecule has 7 heteroatoms. The van der Waals surface area contributed by atoms with Crippen LogP contribution in [-0.2, 0) is 0 Å². The molecule has 0 spiro atoms. The van der Waals surface area contributed by atoms with Gasteiger partial charge >= 0.3 is 0 Å². The molecule has 0 radical (unpaired) electrons. The fraction of sp³-hybridized carbons (Fsp3) is 0.409. The summed E-state index contributed by atoms with van der Waals surface area (Å²) in [5, 5.41) is 5.74. The van der Waals surface area contributed by atoms with Gasteiger partial charge in [-0.2, -0.15) is 0 Å². The number of nitrogens with zero attached hydrogens (tertiary/aromatic N) is 3. The summed E-state index contributed by atoms with van der Waals surface area (Å²) in [6, 6.07) is 11.0. The van der Waals surface area contributed by atoms with Gasteiger partial charge in [0.15, 0.2) is 0 Å². The number of nitrogens with one attached hydrogen (secondary N) is 2. The van der Waals surface area contributed by atoms with Crippen LogP contribution in [0.3, 0.4) is 0 Å². The van der Waals surface area contributed by atoms with Gasteiger partial charge in [-0.05, 0) is 64.2 Å². The molecule has 1 aliphatic heterocycles. The summed E-state index contributed by atoms with van der Waals surface area (Å²) < 4.78 is 0. The number of hydrogen-bond acceptors (Lipinski definition) is 5. The highest BCUT2D eigenvalue weighted by atomic mass is 16.2. The van der Waals surface area contributed by atoms with Crippen LogP contribution in [0.5, 0.6) is 0 Å². The number of rotatable bonds is 4. The first-order valence-electron chi connectivity index (χ1n) is 9.85. The number of anilines is 2. The molecule has 2 N–H and O–H groups in total. The second-order valence-electron chi connectivity index (χ2n) is 8.43. The monoisotopic (exact) mass is 395 g/mol. The fourth-order valence-corrected chi connectivity index (χ4v) is 3.12. The van der Waals surface area contributed by atoms with Crippen molar-refractivity contribution in [2.24, 2.45) is 0 Å². The van der Waals surface area contributed by atoms with Crippen molar-refractivity contribution >= 4 is 23.2 Å². The number of carbonyl (C=O) groups is 2. The molecule has 0 aliphatic carbocycles. The van der Waals surface area contributed by atoms with Crippen LogP contribution in [-0.4, -0.2) is 60.5 Å². The van der Waals surface area contributed by atoms with Crippen LogP contribution in [0.2, 0.25) is 0 Å². The van der Waals surface area contributed by atoms with Gasteiger partial charge < -0.3 is 20.4 Å². The van der Waals surface area contributed by atoms with Crippen molar-refractivity contribution in [3.8, 4) is 0 Å². The van der Waals surface area contributed by atoms with Gasteiger partial charge in [0.2, 0.25) is 0 Å². The van der Waals surface area contributed by atoms with E-state index in [0.717, 1.165) is 31.9 Å². The number of hydrogen-bond donors (Lipinski definition) is 2. The molecule has 154 valence electrons. The highest BCUT2D eigenvalue weighted by Crippen LogP contribution is 2.20. The Kier molecular flexibility index (Phi) is 6.17. The fourth-order valence-electron chi connectivity index (χ4n) is 3.12. The van der Waals surface area contributed by atoms with Gasteiger partial charge in [-0.15, -0.1) is 0 Å². The number of carbonyl (C=O) groups excluding carboxylic acids is 2. The van der Waals surface area contributed by atoms with Crippen LogP contribution >= 0.6 is 0 Å². The molecular weight excluding hydrogens is 366 g/mol. The second kappa shape index (κ2) is 8.61. The van der Waals surface area contributed by atoms with Crippen LogP contribution in [0.25, 0.3) is 0 Å². The molecule has 1 fully saturated rings. The van der Waals surface area contributed by atoms with Crippen molar-refractivity contribution < 1.29 is 9.59 Å². The molecule has 3 rings (SSSR count). The lowest BCUT2D eigenvalue weighted by Gasteiger charge is -2.34. The summed E-state index contributed by atoms with van der Waals surface area (Å²) in [6.45, 7) is 9.78. The zero-order chi connectivity index (χ0) is 21.0. The largest absolute Gasteiger partial charge is 0.369 e. The van der Waals surface area contributed by atoms with Crippen molar-refractivity contribution in [2.45, 2.75) is 26.3 Å². The molecule has 0 saturated carbocycles. The van der Waals surface area contributed by atoms with Crippen molar-refractivity contribution in [1.29, 1.82) is 0 Å². The van der Waals surface area contributed by atoms with Crippen molar-refractivity contribution in [3.63, 3.8) is 0 Å². The summed E-state index contributed by atoms with van der Waals surface area (Å²) >= 11 is 0. The zero-order valence-electron chi connectivity index (χ0n) is 17.5. The van der Waals surface area contributed by atoms with Gasteiger partial charge in [0.1, 0.15) is 5.69 Å². The Morgan fingerprint density at radius 3 is 2.24 bits per heavy atom. The third-order valence-electron chi connectivity index (χ3n) is 4.74. The van der Waals surface area contributed by atoms with Gasteiger partial charge in [0.25, 0.3) is 11.8 Å². The number of amides is 2. The maximum absolute atomic E-state index is 12.6. The van der Waals surface area contributed by atoms with Crippen LogP contribution in [0.15, 0.2) is 42.6 Å². The Hall–Kier alpha value is -2.93. The first-order valence-corrected chi connectivity index (χ1v) is 9.85. The lowest BCUT2D eigenvalue weighted by molar-refractivity contribution is 0.0914. The van der Waals surface area contributed by atoms with E-state index in [1.54, 1.807) is 6.07 Å². The average molecular weight is 396 g/mol. The summed E-state index contributed by atoms with van der Waals surface area (Å²) in [4.78, 5) is 33.6. The van der Waals surface area contributed by atoms with E-state index in [0.29, 0.717) is 11.3 Å². The Morgan fingerprint density at radius 1 is 0.966 bits per heavy atom. The van der Waals surface area contributed by atoms with E-state index in [4.69, 9.17) is 0 Å². The van der Waals surface area contributed by atoms with Gasteiger partial charge in [-0.25, -0.2) is 0 Å². The summed E-state index contributed by atoms with van der Waals surface area (Å²) in [5.74, 6) is -0.576. The lowest BCUT2D eigenvalue weighted by Crippen LogP contribution is -2.44. The van der Waals surface area contributed by atoms with Crippen molar-refractivity contribution in [2.75, 3.05) is 43.4 Å². The minimum Gasteiger partial charge on any atom is -0.369 e. The zero-order valence-corrected chi connectivity index (χ0v) is 17.5. The van der Waals surface area contributed by atoms with Gasteiger partial charge in [0, 0.05) is 54.9 Å². The number of likely N-dealkylation sites (N-methyl/N-ethyl adjacent to an activating group) is 1. The maximum atomic E-state index is 12.6. The molecule has 7 nitrogen and oxygen atoms in total. The Labute approximate surface area is 172 Å². The topological polar surface area (TPSA) is 77.6 Å². The summed E-state index contributed by atoms with van der Waals surface area (Å²) in [7, 11) is 2.13. The highest BCUT2D eigenvalue weighted by molar-refractivity contribution is 6.05. The van der Waals surface area contributed by atoms with Gasteiger partial charge in [-0.3, -0.25) is 14.6 Å². The predicted molar refractivity (Wildman–Crippen MR) is 116 cm³/mol. The normalized spacial score (nSPS) is 15.1. The summed E-state index contributed by atoms with van der Waals surface area (Å²) in [6.07, 6.45) is 1.48. The van der Waals surface area contributed by atoms with Crippen molar-refractivity contribution in [1.82, 2.24) is 15.2 Å². The maximum Gasteiger partial charge on any atom is 0.270 e. The van der Waals surface area contributed by atoms with E-state index < -0.39 is 0 Å². The van der Waals surface area contributed by atoms with E-state index in [2.05, 4.69) is 32.5 Å². The Morgan fingerprint density at radius 2 is 1.62 bits per heavy atom. The second-order valence-corrected chi connectivity index (χ2v) is 8.43. The van der Waals surface area contributed by atoms with Crippen LogP contribution in [0.1, 0.15) is 41.6 Å². The standard InChI is InChI=1S/C22H29N5O2/c1-22(2,3)25-21(29)19-15-16(9-10-23-19)20(28)24-17-5-7-18(8-6-17)27-13-11-26(4)12-14-27/h5-10,15H,11-14H2,1-4H3,(H,24,28)(H,25,29). The molecule has 0 unspecified atom stereocenters. The molecule has 2 amide bonds. The molecule has 1 aromatic carbocycles. The van der Waals surface area contributed by atoms with Gasteiger partial charge in [-0.1, -0.05) is 0 Å². The molecule has 2 heterocycles. The summed E-state index contributed by atoms with van der Waals surface area (Å²) in [5.41, 5.74) is 2.11. The molecule has 1 saturated heterocycles. The van der Waals surface area contributed by atoms with E-state index in [1.165, 1.54) is 12.3 Å². The molecule has 0 bridgehead atoms. The van der Waals surface area contributed by atoms with Crippen LogP contribution in [0.4, 0.5) is 11.4 Å².